The van der Waals surface area contributed by atoms with Crippen LogP contribution in [0.1, 0.15) is 68.9 Å². The number of para-hydroxylation sites is 1. The fraction of sp³-hybridized carbons (Fsp3) is 0.429. The van der Waals surface area contributed by atoms with E-state index in [-0.39, 0.29) is 17.7 Å². The summed E-state index contributed by atoms with van der Waals surface area (Å²) in [5.41, 5.74) is 3.95. The van der Waals surface area contributed by atoms with Gasteiger partial charge in [0.2, 0.25) is 0 Å². The minimum absolute atomic E-state index is 0.0129. The third kappa shape index (κ3) is 5.99. The highest BCUT2D eigenvalue weighted by Crippen LogP contribution is 2.36. The van der Waals surface area contributed by atoms with Crippen molar-refractivity contribution < 1.29 is 19.4 Å². The molecule has 6 nitrogen and oxygen atoms in total. The lowest BCUT2D eigenvalue weighted by atomic mass is 9.87. The van der Waals surface area contributed by atoms with Crippen molar-refractivity contribution in [2.45, 2.75) is 53.1 Å². The van der Waals surface area contributed by atoms with Gasteiger partial charge < -0.3 is 19.6 Å². The lowest BCUT2D eigenvalue weighted by Crippen LogP contribution is -2.40. The highest BCUT2D eigenvalue weighted by atomic mass is 16.6. The number of aromatic hydroxyl groups is 1. The summed E-state index contributed by atoms with van der Waals surface area (Å²) in [5, 5.41) is 10.6. The van der Waals surface area contributed by atoms with Crippen molar-refractivity contribution in [3.05, 3.63) is 70.8 Å². The number of nitrogens with zero attached hydrogens (tertiary/aromatic N) is 2. The summed E-state index contributed by atoms with van der Waals surface area (Å²) in [6.07, 6.45) is 1.07. The lowest BCUT2D eigenvalue weighted by Gasteiger charge is -2.32. The highest BCUT2D eigenvalue weighted by molar-refractivity contribution is 5.95. The number of likely N-dealkylation sites (tertiary alicyclic amines) is 1. The van der Waals surface area contributed by atoms with Crippen LogP contribution >= 0.6 is 0 Å². The maximum Gasteiger partial charge on any atom is 0.410 e. The first-order chi connectivity index (χ1) is 16.1. The van der Waals surface area contributed by atoms with Gasteiger partial charge in [0.25, 0.3) is 5.91 Å². The number of rotatable bonds is 5. The molecule has 1 aliphatic heterocycles. The number of piperidine rings is 1. The number of amides is 2. The van der Waals surface area contributed by atoms with E-state index in [0.717, 1.165) is 16.7 Å². The van der Waals surface area contributed by atoms with E-state index in [2.05, 4.69) is 0 Å². The van der Waals surface area contributed by atoms with Gasteiger partial charge in [-0.05, 0) is 76.8 Å². The van der Waals surface area contributed by atoms with Crippen molar-refractivity contribution in [1.29, 1.82) is 0 Å². The zero-order valence-corrected chi connectivity index (χ0v) is 20.9. The molecule has 0 aromatic heterocycles. The van der Waals surface area contributed by atoms with Crippen molar-refractivity contribution in [2.24, 2.45) is 0 Å². The molecule has 0 spiro atoms. The van der Waals surface area contributed by atoms with Gasteiger partial charge in [-0.3, -0.25) is 4.79 Å². The number of ether oxygens (including phenoxy) is 1. The molecule has 34 heavy (non-hydrogen) atoms. The van der Waals surface area contributed by atoms with Crippen LogP contribution in [0, 0.1) is 0 Å². The van der Waals surface area contributed by atoms with Gasteiger partial charge in [0.05, 0.1) is 0 Å². The van der Waals surface area contributed by atoms with Crippen molar-refractivity contribution in [1.82, 2.24) is 9.80 Å². The second-order valence-corrected chi connectivity index (χ2v) is 9.52. The van der Waals surface area contributed by atoms with E-state index in [4.69, 9.17) is 4.74 Å². The number of carbonyl (C=O) groups is 2. The fourth-order valence-electron chi connectivity index (χ4n) is 4.24. The Balaban J connectivity index is 1.92. The molecule has 1 saturated heterocycles. The van der Waals surface area contributed by atoms with E-state index in [1.807, 2.05) is 71.0 Å². The van der Waals surface area contributed by atoms with E-state index in [0.29, 0.717) is 44.6 Å². The minimum Gasteiger partial charge on any atom is -0.507 e. The number of carbonyl (C=O) groups excluding carboxylic acids is 2. The van der Waals surface area contributed by atoms with E-state index >= 15 is 0 Å². The Morgan fingerprint density at radius 3 is 2.03 bits per heavy atom. The molecule has 1 heterocycles. The Kier molecular flexibility index (Phi) is 8.02. The Hall–Kier alpha value is -3.28. The van der Waals surface area contributed by atoms with E-state index in [1.165, 1.54) is 5.57 Å². The third-order valence-corrected chi connectivity index (χ3v) is 6.02. The molecule has 0 radical (unpaired) electrons. The van der Waals surface area contributed by atoms with Crippen molar-refractivity contribution in [3.63, 3.8) is 0 Å². The van der Waals surface area contributed by atoms with Gasteiger partial charge in [-0.2, -0.15) is 0 Å². The second kappa shape index (κ2) is 10.8. The quantitative estimate of drug-likeness (QED) is 0.616. The number of phenolic OH excluding ortho intramolecular Hbond substituents is 1. The summed E-state index contributed by atoms with van der Waals surface area (Å²) in [4.78, 5) is 28.8. The molecule has 0 unspecified atom stereocenters. The van der Waals surface area contributed by atoms with Gasteiger partial charge in [-0.25, -0.2) is 4.79 Å². The zero-order valence-electron chi connectivity index (χ0n) is 20.9. The number of hydrogen-bond donors (Lipinski definition) is 1. The Morgan fingerprint density at radius 2 is 1.50 bits per heavy atom. The van der Waals surface area contributed by atoms with Crippen LogP contribution in [0.25, 0.3) is 5.57 Å². The van der Waals surface area contributed by atoms with Gasteiger partial charge in [-0.1, -0.05) is 35.9 Å². The first-order valence-corrected chi connectivity index (χ1v) is 12.0. The van der Waals surface area contributed by atoms with Crippen molar-refractivity contribution >= 4 is 17.6 Å². The van der Waals surface area contributed by atoms with Crippen LogP contribution in [0.4, 0.5) is 4.79 Å². The summed E-state index contributed by atoms with van der Waals surface area (Å²) >= 11 is 0. The SMILES string of the molecule is CCN(CC)C(=O)c1ccc(C(=C2CCN(C(=O)OC(C)(C)C)CC2)c2ccccc2O)cc1. The van der Waals surface area contributed by atoms with Gasteiger partial charge in [-0.15, -0.1) is 0 Å². The molecule has 3 rings (SSSR count). The first-order valence-electron chi connectivity index (χ1n) is 12.0. The molecular weight excluding hydrogens is 428 g/mol. The predicted molar refractivity (Wildman–Crippen MR) is 135 cm³/mol. The van der Waals surface area contributed by atoms with Crippen LogP contribution in [-0.4, -0.2) is 58.7 Å². The largest absolute Gasteiger partial charge is 0.507 e. The summed E-state index contributed by atoms with van der Waals surface area (Å²) < 4.78 is 5.53. The lowest BCUT2D eigenvalue weighted by molar-refractivity contribution is 0.0236. The molecule has 2 amide bonds. The van der Waals surface area contributed by atoms with Gasteiger partial charge >= 0.3 is 6.09 Å². The van der Waals surface area contributed by atoms with Gasteiger partial charge in [0.15, 0.2) is 0 Å². The third-order valence-electron chi connectivity index (χ3n) is 6.02. The summed E-state index contributed by atoms with van der Waals surface area (Å²) in [6.45, 7) is 12.0. The monoisotopic (exact) mass is 464 g/mol. The maximum absolute atomic E-state index is 12.7. The van der Waals surface area contributed by atoms with Gasteiger partial charge in [0.1, 0.15) is 11.4 Å². The number of hydrogen-bond acceptors (Lipinski definition) is 4. The molecule has 0 atom stereocenters. The normalized spacial score (nSPS) is 14.0. The molecule has 1 N–H and O–H groups in total. The van der Waals surface area contributed by atoms with Crippen molar-refractivity contribution in [3.8, 4) is 5.75 Å². The molecule has 1 aliphatic rings. The zero-order chi connectivity index (χ0) is 24.9. The Morgan fingerprint density at radius 1 is 0.941 bits per heavy atom. The molecule has 2 aromatic rings. The Bertz CT molecular complexity index is 1040. The molecule has 6 heteroatoms. The molecule has 0 saturated carbocycles. The fourth-order valence-corrected chi connectivity index (χ4v) is 4.24. The van der Waals surface area contributed by atoms with Crippen LogP contribution in [0.15, 0.2) is 54.1 Å². The van der Waals surface area contributed by atoms with Crippen LogP contribution in [0.3, 0.4) is 0 Å². The van der Waals surface area contributed by atoms with E-state index < -0.39 is 5.60 Å². The molecule has 0 aliphatic carbocycles. The van der Waals surface area contributed by atoms with Crippen LogP contribution < -0.4 is 0 Å². The van der Waals surface area contributed by atoms with Crippen LogP contribution in [0.2, 0.25) is 0 Å². The standard InChI is InChI=1S/C28H36N2O4/c1-6-29(7-2)26(32)22-14-12-20(13-15-22)25(23-10-8-9-11-24(23)31)21-16-18-30(19-17-21)27(33)34-28(3,4)5/h8-15,31H,6-7,16-19H2,1-5H3. The predicted octanol–water partition coefficient (Wildman–Crippen LogP) is 5.71. The highest BCUT2D eigenvalue weighted by Gasteiger charge is 2.27. The van der Waals surface area contributed by atoms with E-state index in [9.17, 15) is 14.7 Å². The minimum atomic E-state index is -0.529. The molecule has 1 fully saturated rings. The van der Waals surface area contributed by atoms with Gasteiger partial charge in [0, 0.05) is 37.3 Å². The van der Waals surface area contributed by atoms with E-state index in [1.54, 1.807) is 21.9 Å². The smallest absolute Gasteiger partial charge is 0.410 e. The maximum atomic E-state index is 12.7. The average Bonchev–Trinajstić information content (AvgIpc) is 2.81. The summed E-state index contributed by atoms with van der Waals surface area (Å²) in [5.74, 6) is 0.224. The molecule has 2 aromatic carbocycles. The molecule has 0 bridgehead atoms. The number of benzene rings is 2. The van der Waals surface area contributed by atoms with Crippen LogP contribution in [0.5, 0.6) is 5.75 Å². The summed E-state index contributed by atoms with van der Waals surface area (Å²) in [7, 11) is 0. The first kappa shape index (κ1) is 25.3. The summed E-state index contributed by atoms with van der Waals surface area (Å²) in [6, 6.07) is 14.9. The Labute approximate surface area is 202 Å². The molecule has 182 valence electrons. The molecular formula is C28H36N2O4. The topological polar surface area (TPSA) is 70.1 Å². The van der Waals surface area contributed by atoms with Crippen LogP contribution in [-0.2, 0) is 4.74 Å². The second-order valence-electron chi connectivity index (χ2n) is 9.52. The number of phenols is 1. The average molecular weight is 465 g/mol. The van der Waals surface area contributed by atoms with Crippen molar-refractivity contribution in [2.75, 3.05) is 26.2 Å².